The average Bonchev–Trinajstić information content (AvgIpc) is 2.80. The molecule has 1 aromatic rings. The van der Waals surface area contributed by atoms with Crippen LogP contribution in [0.4, 0.5) is 0 Å². The first kappa shape index (κ1) is 11.9. The van der Waals surface area contributed by atoms with E-state index in [4.69, 9.17) is 4.52 Å². The Hall–Kier alpha value is -0.550. The zero-order valence-corrected chi connectivity index (χ0v) is 10.9. The number of rotatable bonds is 3. The summed E-state index contributed by atoms with van der Waals surface area (Å²) in [6.45, 7) is 4.08. The maximum Gasteiger partial charge on any atom is 0.246 e. The second-order valence-corrected chi connectivity index (χ2v) is 6.00. The van der Waals surface area contributed by atoms with Gasteiger partial charge in [-0.25, -0.2) is 0 Å². The smallest absolute Gasteiger partial charge is 0.246 e. The highest BCUT2D eigenvalue weighted by atomic mass is 32.2. The molecule has 0 radical (unpaired) electrons. The number of hydrogen-bond donors (Lipinski definition) is 1. The van der Waals surface area contributed by atoms with E-state index in [0.717, 1.165) is 5.82 Å². The molecule has 90 valence electrons. The van der Waals surface area contributed by atoms with Crippen LogP contribution in [0.25, 0.3) is 0 Å². The van der Waals surface area contributed by atoms with Gasteiger partial charge in [-0.1, -0.05) is 11.6 Å². The summed E-state index contributed by atoms with van der Waals surface area (Å²) in [5, 5.41) is 7.71. The zero-order valence-electron chi connectivity index (χ0n) is 10.1. The average molecular weight is 241 g/mol. The third kappa shape index (κ3) is 2.40. The molecule has 1 aromatic heterocycles. The number of hydrogen-bond acceptors (Lipinski definition) is 5. The standard InChI is InChI=1S/C11H19N3OS/c1-11(2,12-3)10-13-9(14-15-10)8-6-4-5-7-16-8/h8,12H,4-7H2,1-3H3. The summed E-state index contributed by atoms with van der Waals surface area (Å²) in [6, 6.07) is 0. The van der Waals surface area contributed by atoms with Gasteiger partial charge in [0.15, 0.2) is 5.82 Å². The summed E-state index contributed by atoms with van der Waals surface area (Å²) in [5.41, 5.74) is -0.245. The van der Waals surface area contributed by atoms with Crippen molar-refractivity contribution in [2.45, 2.75) is 43.9 Å². The summed E-state index contributed by atoms with van der Waals surface area (Å²) in [7, 11) is 1.90. The lowest BCUT2D eigenvalue weighted by atomic mass is 10.1. The highest BCUT2D eigenvalue weighted by Gasteiger charge is 2.28. The van der Waals surface area contributed by atoms with Crippen LogP contribution in [0.5, 0.6) is 0 Å². The molecule has 0 amide bonds. The second kappa shape index (κ2) is 4.75. The minimum Gasteiger partial charge on any atom is -0.337 e. The first-order chi connectivity index (χ1) is 7.63. The molecular formula is C11H19N3OS. The van der Waals surface area contributed by atoms with Crippen LogP contribution >= 0.6 is 11.8 Å². The maximum atomic E-state index is 5.34. The van der Waals surface area contributed by atoms with Gasteiger partial charge in [0.2, 0.25) is 5.89 Å². The molecule has 1 aliphatic rings. The third-order valence-electron chi connectivity index (χ3n) is 3.07. The van der Waals surface area contributed by atoms with Gasteiger partial charge >= 0.3 is 0 Å². The van der Waals surface area contributed by atoms with Crippen molar-refractivity contribution in [3.63, 3.8) is 0 Å². The normalized spacial score (nSPS) is 22.3. The van der Waals surface area contributed by atoms with Crippen LogP contribution in [0.3, 0.4) is 0 Å². The Bertz CT molecular complexity index is 345. The van der Waals surface area contributed by atoms with E-state index < -0.39 is 0 Å². The van der Waals surface area contributed by atoms with E-state index in [1.54, 1.807) is 0 Å². The molecule has 1 atom stereocenters. The van der Waals surface area contributed by atoms with E-state index >= 15 is 0 Å². The van der Waals surface area contributed by atoms with Crippen molar-refractivity contribution in [2.75, 3.05) is 12.8 Å². The summed E-state index contributed by atoms with van der Waals surface area (Å²) in [6.07, 6.45) is 3.76. The van der Waals surface area contributed by atoms with Gasteiger partial charge < -0.3 is 9.84 Å². The van der Waals surface area contributed by atoms with E-state index in [-0.39, 0.29) is 5.54 Å². The van der Waals surface area contributed by atoms with Crippen LogP contribution in [0.2, 0.25) is 0 Å². The van der Waals surface area contributed by atoms with E-state index in [9.17, 15) is 0 Å². The summed E-state index contributed by atoms with van der Waals surface area (Å²) in [4.78, 5) is 4.52. The predicted octanol–water partition coefficient (Wildman–Crippen LogP) is 2.48. The Balaban J connectivity index is 2.12. The quantitative estimate of drug-likeness (QED) is 0.881. The maximum absolute atomic E-state index is 5.34. The zero-order chi connectivity index (χ0) is 11.6. The summed E-state index contributed by atoms with van der Waals surface area (Å²) >= 11 is 1.94. The van der Waals surface area contributed by atoms with Crippen LogP contribution in [0.15, 0.2) is 4.52 Å². The SMILES string of the molecule is CNC(C)(C)c1nc(C2CCCCS2)no1. The molecule has 0 bridgehead atoms. The van der Waals surface area contributed by atoms with E-state index in [1.165, 1.54) is 25.0 Å². The van der Waals surface area contributed by atoms with Crippen LogP contribution in [0, 0.1) is 0 Å². The van der Waals surface area contributed by atoms with Crippen molar-refractivity contribution in [1.29, 1.82) is 0 Å². The monoisotopic (exact) mass is 241 g/mol. The molecule has 2 heterocycles. The predicted molar refractivity (Wildman–Crippen MR) is 65.4 cm³/mol. The molecule has 0 saturated carbocycles. The molecule has 1 fully saturated rings. The van der Waals surface area contributed by atoms with Gasteiger partial charge in [-0.3, -0.25) is 0 Å². The molecule has 0 aliphatic carbocycles. The number of nitrogens with zero attached hydrogens (tertiary/aromatic N) is 2. The number of thioether (sulfide) groups is 1. The van der Waals surface area contributed by atoms with Crippen LogP contribution < -0.4 is 5.32 Å². The van der Waals surface area contributed by atoms with Crippen molar-refractivity contribution < 1.29 is 4.52 Å². The molecule has 1 unspecified atom stereocenters. The summed E-state index contributed by atoms with van der Waals surface area (Å²) < 4.78 is 5.34. The fourth-order valence-corrected chi connectivity index (χ4v) is 2.90. The van der Waals surface area contributed by atoms with Crippen molar-refractivity contribution >= 4 is 11.8 Å². The lowest BCUT2D eigenvalue weighted by Gasteiger charge is -2.19. The van der Waals surface area contributed by atoms with Gasteiger partial charge in [0.1, 0.15) is 0 Å². The van der Waals surface area contributed by atoms with E-state index in [1.807, 2.05) is 32.7 Å². The van der Waals surface area contributed by atoms with Crippen LogP contribution in [-0.4, -0.2) is 22.9 Å². The van der Waals surface area contributed by atoms with Gasteiger partial charge in [0, 0.05) is 0 Å². The Morgan fingerprint density at radius 2 is 2.25 bits per heavy atom. The van der Waals surface area contributed by atoms with Crippen molar-refractivity contribution in [3.05, 3.63) is 11.7 Å². The molecule has 2 rings (SSSR count). The highest BCUT2D eigenvalue weighted by molar-refractivity contribution is 7.99. The lowest BCUT2D eigenvalue weighted by Crippen LogP contribution is -2.33. The first-order valence-corrected chi connectivity index (χ1v) is 6.83. The molecule has 5 heteroatoms. The van der Waals surface area contributed by atoms with Crippen molar-refractivity contribution in [1.82, 2.24) is 15.5 Å². The van der Waals surface area contributed by atoms with Crippen molar-refractivity contribution in [2.24, 2.45) is 0 Å². The number of aromatic nitrogens is 2. The van der Waals surface area contributed by atoms with Gasteiger partial charge in [-0.05, 0) is 39.5 Å². The van der Waals surface area contributed by atoms with Gasteiger partial charge in [-0.2, -0.15) is 16.7 Å². The van der Waals surface area contributed by atoms with E-state index in [2.05, 4.69) is 15.5 Å². The molecule has 1 aliphatic heterocycles. The Morgan fingerprint density at radius 1 is 1.44 bits per heavy atom. The molecular weight excluding hydrogens is 222 g/mol. The minimum absolute atomic E-state index is 0.245. The molecule has 0 aromatic carbocycles. The second-order valence-electron chi connectivity index (χ2n) is 4.69. The fraction of sp³-hybridized carbons (Fsp3) is 0.818. The van der Waals surface area contributed by atoms with Crippen molar-refractivity contribution in [3.8, 4) is 0 Å². The van der Waals surface area contributed by atoms with Crippen LogP contribution in [0.1, 0.15) is 50.1 Å². The Kier molecular flexibility index (Phi) is 3.54. The minimum atomic E-state index is -0.245. The third-order valence-corrected chi connectivity index (χ3v) is 4.44. The Morgan fingerprint density at radius 3 is 2.88 bits per heavy atom. The Labute approximate surface area is 101 Å². The van der Waals surface area contributed by atoms with Gasteiger partial charge in [0.25, 0.3) is 0 Å². The lowest BCUT2D eigenvalue weighted by molar-refractivity contribution is 0.279. The molecule has 16 heavy (non-hydrogen) atoms. The van der Waals surface area contributed by atoms with E-state index in [0.29, 0.717) is 11.1 Å². The molecule has 1 saturated heterocycles. The molecule has 1 N–H and O–H groups in total. The van der Waals surface area contributed by atoms with Gasteiger partial charge in [-0.15, -0.1) is 0 Å². The molecule has 0 spiro atoms. The number of nitrogens with one attached hydrogen (secondary N) is 1. The largest absolute Gasteiger partial charge is 0.337 e. The summed E-state index contributed by atoms with van der Waals surface area (Å²) in [5.74, 6) is 2.75. The fourth-order valence-electron chi connectivity index (χ4n) is 1.67. The topological polar surface area (TPSA) is 51.0 Å². The molecule has 4 nitrogen and oxygen atoms in total. The highest BCUT2D eigenvalue weighted by Crippen LogP contribution is 2.37. The van der Waals surface area contributed by atoms with Crippen LogP contribution in [-0.2, 0) is 5.54 Å². The first-order valence-electron chi connectivity index (χ1n) is 5.78. The van der Waals surface area contributed by atoms with Gasteiger partial charge in [0.05, 0.1) is 10.8 Å².